The van der Waals surface area contributed by atoms with Gasteiger partial charge in [0.1, 0.15) is 0 Å². The van der Waals surface area contributed by atoms with E-state index in [9.17, 15) is 4.79 Å². The summed E-state index contributed by atoms with van der Waals surface area (Å²) < 4.78 is 0. The number of halogens is 2. The third-order valence-electron chi connectivity index (χ3n) is 3.29. The van der Waals surface area contributed by atoms with Crippen LogP contribution < -0.4 is 10.9 Å². The Balaban J connectivity index is 1.64. The Morgan fingerprint density at radius 1 is 1.09 bits per heavy atom. The molecule has 3 aromatic rings. The maximum absolute atomic E-state index is 12.0. The summed E-state index contributed by atoms with van der Waals surface area (Å²) in [5, 5.41) is 1.95. The summed E-state index contributed by atoms with van der Waals surface area (Å²) in [5.41, 5.74) is 8.10. The molecular formula is C16H13Cl2N3O. The predicted molar refractivity (Wildman–Crippen MR) is 90.2 cm³/mol. The highest BCUT2D eigenvalue weighted by atomic mass is 35.5. The zero-order chi connectivity index (χ0) is 15.5. The zero-order valence-electron chi connectivity index (χ0n) is 11.5. The van der Waals surface area contributed by atoms with E-state index in [2.05, 4.69) is 15.8 Å². The van der Waals surface area contributed by atoms with Crippen LogP contribution in [0.25, 0.3) is 10.9 Å². The fourth-order valence-corrected chi connectivity index (χ4v) is 2.51. The molecule has 1 aromatic heterocycles. The number of carbonyl (C=O) groups is 1. The smallest absolute Gasteiger partial charge is 0.242 e. The minimum Gasteiger partial charge on any atom is -0.361 e. The lowest BCUT2D eigenvalue weighted by Gasteiger charge is -2.09. The van der Waals surface area contributed by atoms with Gasteiger partial charge < -0.3 is 4.98 Å². The van der Waals surface area contributed by atoms with E-state index < -0.39 is 0 Å². The lowest BCUT2D eigenvalue weighted by atomic mass is 10.1. The van der Waals surface area contributed by atoms with Crippen LogP contribution >= 0.6 is 23.2 Å². The van der Waals surface area contributed by atoms with E-state index in [-0.39, 0.29) is 12.3 Å². The van der Waals surface area contributed by atoms with E-state index in [1.165, 1.54) is 0 Å². The van der Waals surface area contributed by atoms with E-state index in [1.54, 1.807) is 18.2 Å². The van der Waals surface area contributed by atoms with Gasteiger partial charge in [0.25, 0.3) is 0 Å². The normalized spacial score (nSPS) is 10.6. The molecule has 0 saturated heterocycles. The first-order valence-electron chi connectivity index (χ1n) is 6.68. The number of anilines is 1. The Labute approximate surface area is 137 Å². The van der Waals surface area contributed by atoms with Crippen LogP contribution in [0.15, 0.2) is 48.7 Å². The van der Waals surface area contributed by atoms with Crippen molar-refractivity contribution in [2.24, 2.45) is 0 Å². The third-order valence-corrected chi connectivity index (χ3v) is 4.03. The Morgan fingerprint density at radius 3 is 2.73 bits per heavy atom. The van der Waals surface area contributed by atoms with Gasteiger partial charge in [0.05, 0.1) is 22.2 Å². The fraction of sp³-hybridized carbons (Fsp3) is 0.0625. The van der Waals surface area contributed by atoms with Gasteiger partial charge in [0, 0.05) is 17.1 Å². The second-order valence-electron chi connectivity index (χ2n) is 4.84. The van der Waals surface area contributed by atoms with Crippen LogP contribution in [0.3, 0.4) is 0 Å². The van der Waals surface area contributed by atoms with Gasteiger partial charge in [0.15, 0.2) is 0 Å². The molecule has 112 valence electrons. The average Bonchev–Trinajstić information content (AvgIpc) is 2.92. The molecule has 0 aliphatic rings. The lowest BCUT2D eigenvalue weighted by Crippen LogP contribution is -2.30. The number of hydrogen-bond donors (Lipinski definition) is 3. The van der Waals surface area contributed by atoms with Gasteiger partial charge in [-0.25, -0.2) is 0 Å². The van der Waals surface area contributed by atoms with Crippen molar-refractivity contribution in [3.8, 4) is 0 Å². The van der Waals surface area contributed by atoms with Gasteiger partial charge in [-0.3, -0.25) is 15.6 Å². The molecule has 0 bridgehead atoms. The molecule has 4 nitrogen and oxygen atoms in total. The van der Waals surface area contributed by atoms with E-state index in [0.29, 0.717) is 15.7 Å². The van der Waals surface area contributed by atoms with E-state index >= 15 is 0 Å². The number of benzene rings is 2. The molecule has 3 N–H and O–H groups in total. The molecule has 22 heavy (non-hydrogen) atoms. The maximum atomic E-state index is 12.0. The minimum absolute atomic E-state index is 0.143. The molecule has 0 fully saturated rings. The van der Waals surface area contributed by atoms with Gasteiger partial charge >= 0.3 is 0 Å². The van der Waals surface area contributed by atoms with E-state index in [4.69, 9.17) is 23.2 Å². The van der Waals surface area contributed by atoms with Crippen molar-refractivity contribution in [1.29, 1.82) is 0 Å². The Bertz CT molecular complexity index is 829. The van der Waals surface area contributed by atoms with Gasteiger partial charge in [-0.2, -0.15) is 0 Å². The van der Waals surface area contributed by atoms with Gasteiger partial charge in [-0.05, 0) is 29.8 Å². The van der Waals surface area contributed by atoms with Crippen molar-refractivity contribution in [3.63, 3.8) is 0 Å². The molecule has 0 atom stereocenters. The largest absolute Gasteiger partial charge is 0.361 e. The quantitative estimate of drug-likeness (QED) is 0.628. The number of rotatable bonds is 4. The SMILES string of the molecule is O=C(Cc1c[nH]c2ccccc12)NNc1ccc(Cl)c(Cl)c1. The molecule has 3 rings (SSSR count). The van der Waals surface area contributed by atoms with E-state index in [1.807, 2.05) is 30.5 Å². The molecule has 0 saturated carbocycles. The van der Waals surface area contributed by atoms with Gasteiger partial charge in [-0.15, -0.1) is 0 Å². The second-order valence-corrected chi connectivity index (χ2v) is 5.65. The predicted octanol–water partition coefficient (Wildman–Crippen LogP) is 4.16. The van der Waals surface area contributed by atoms with Crippen LogP contribution in [0, 0.1) is 0 Å². The summed E-state index contributed by atoms with van der Waals surface area (Å²) in [6.45, 7) is 0. The fourth-order valence-electron chi connectivity index (χ4n) is 2.21. The highest BCUT2D eigenvalue weighted by Crippen LogP contribution is 2.24. The molecule has 1 heterocycles. The summed E-state index contributed by atoms with van der Waals surface area (Å²) in [5.74, 6) is -0.143. The number of aromatic nitrogens is 1. The van der Waals surface area contributed by atoms with Crippen LogP contribution in [-0.4, -0.2) is 10.9 Å². The first-order chi connectivity index (χ1) is 10.6. The zero-order valence-corrected chi connectivity index (χ0v) is 13.0. The molecule has 1 amide bonds. The summed E-state index contributed by atoms with van der Waals surface area (Å²) in [7, 11) is 0. The molecule has 0 aliphatic carbocycles. The summed E-state index contributed by atoms with van der Waals surface area (Å²) >= 11 is 11.8. The highest BCUT2D eigenvalue weighted by Gasteiger charge is 2.08. The molecule has 0 radical (unpaired) electrons. The first-order valence-corrected chi connectivity index (χ1v) is 7.44. The van der Waals surface area contributed by atoms with Crippen molar-refractivity contribution in [2.45, 2.75) is 6.42 Å². The van der Waals surface area contributed by atoms with Gasteiger partial charge in [-0.1, -0.05) is 41.4 Å². The average molecular weight is 334 g/mol. The summed E-state index contributed by atoms with van der Waals surface area (Å²) in [4.78, 5) is 15.2. The van der Waals surface area contributed by atoms with Crippen molar-refractivity contribution < 1.29 is 4.79 Å². The number of fused-ring (bicyclic) bond motifs is 1. The Hall–Kier alpha value is -2.17. The molecule has 2 aromatic carbocycles. The monoisotopic (exact) mass is 333 g/mol. The number of carbonyl (C=O) groups excluding carboxylic acids is 1. The van der Waals surface area contributed by atoms with Crippen molar-refractivity contribution >= 4 is 45.7 Å². The van der Waals surface area contributed by atoms with Crippen molar-refractivity contribution in [1.82, 2.24) is 10.4 Å². The van der Waals surface area contributed by atoms with Gasteiger partial charge in [0.2, 0.25) is 5.91 Å². The molecule has 0 unspecified atom stereocenters. The summed E-state index contributed by atoms with van der Waals surface area (Å²) in [6, 6.07) is 12.9. The maximum Gasteiger partial charge on any atom is 0.242 e. The molecule has 0 spiro atoms. The topological polar surface area (TPSA) is 56.9 Å². The number of hydrogen-bond acceptors (Lipinski definition) is 2. The lowest BCUT2D eigenvalue weighted by molar-refractivity contribution is -0.119. The Morgan fingerprint density at radius 2 is 1.91 bits per heavy atom. The van der Waals surface area contributed by atoms with Crippen LogP contribution in [0.2, 0.25) is 10.0 Å². The van der Waals surface area contributed by atoms with Crippen LogP contribution in [0.1, 0.15) is 5.56 Å². The number of hydrazine groups is 1. The van der Waals surface area contributed by atoms with Crippen LogP contribution in [0.4, 0.5) is 5.69 Å². The highest BCUT2D eigenvalue weighted by molar-refractivity contribution is 6.42. The third kappa shape index (κ3) is 3.18. The number of H-pyrrole nitrogens is 1. The number of para-hydroxylation sites is 1. The van der Waals surface area contributed by atoms with Crippen molar-refractivity contribution in [3.05, 3.63) is 64.3 Å². The van der Waals surface area contributed by atoms with E-state index in [0.717, 1.165) is 16.5 Å². The molecule has 0 aliphatic heterocycles. The van der Waals surface area contributed by atoms with Crippen molar-refractivity contribution in [2.75, 3.05) is 5.43 Å². The Kier molecular flexibility index (Phi) is 4.22. The van der Waals surface area contributed by atoms with Crippen LogP contribution in [0.5, 0.6) is 0 Å². The standard InChI is InChI=1S/C16H13Cl2N3O/c17-13-6-5-11(8-14(13)18)20-21-16(22)7-10-9-19-15-4-2-1-3-12(10)15/h1-6,8-9,19-20H,7H2,(H,21,22). The first kappa shape index (κ1) is 14.8. The molecular weight excluding hydrogens is 321 g/mol. The van der Waals surface area contributed by atoms with Crippen LogP contribution in [-0.2, 0) is 11.2 Å². The number of nitrogens with one attached hydrogen (secondary N) is 3. The molecule has 6 heteroatoms. The number of amides is 1. The minimum atomic E-state index is -0.143. The summed E-state index contributed by atoms with van der Waals surface area (Å²) in [6.07, 6.45) is 2.13. The second kappa shape index (κ2) is 6.30. The number of aromatic amines is 1.